The minimum absolute atomic E-state index is 0.0989. The fraction of sp³-hybridized carbons (Fsp3) is 0.267. The Hall–Kier alpha value is -1.74. The van der Waals surface area contributed by atoms with E-state index in [9.17, 15) is 4.79 Å². The molecular weight excluding hydrogens is 262 g/mol. The van der Waals surface area contributed by atoms with Crippen molar-refractivity contribution in [3.8, 4) is 0 Å². The van der Waals surface area contributed by atoms with Gasteiger partial charge in [-0.25, -0.2) is 0 Å². The van der Waals surface area contributed by atoms with Crippen LogP contribution in [0, 0.1) is 0 Å². The number of fused-ring (bicyclic) bond motifs is 2. The van der Waals surface area contributed by atoms with Crippen molar-refractivity contribution in [2.45, 2.75) is 18.9 Å². The van der Waals surface area contributed by atoms with Crippen LogP contribution >= 0.6 is 11.6 Å². The van der Waals surface area contributed by atoms with E-state index in [0.717, 1.165) is 35.3 Å². The SMILES string of the molecule is COC1=CNC2C(=O)c3ccc(Cl)cc3CCC2=C1. The average Bonchev–Trinajstić information content (AvgIpc) is 2.56. The minimum atomic E-state index is -0.277. The zero-order valence-electron chi connectivity index (χ0n) is 10.6. The summed E-state index contributed by atoms with van der Waals surface area (Å²) in [5.74, 6) is 0.852. The van der Waals surface area contributed by atoms with Crippen LogP contribution in [0.15, 0.2) is 41.8 Å². The number of benzene rings is 1. The van der Waals surface area contributed by atoms with E-state index in [1.165, 1.54) is 0 Å². The Morgan fingerprint density at radius 3 is 3.00 bits per heavy atom. The fourth-order valence-corrected chi connectivity index (χ4v) is 2.80. The van der Waals surface area contributed by atoms with Gasteiger partial charge in [-0.3, -0.25) is 4.79 Å². The molecule has 1 aromatic carbocycles. The first-order valence-electron chi connectivity index (χ1n) is 6.22. The van der Waals surface area contributed by atoms with Crippen molar-refractivity contribution in [1.29, 1.82) is 0 Å². The molecule has 1 N–H and O–H groups in total. The number of halogens is 1. The van der Waals surface area contributed by atoms with Crippen LogP contribution < -0.4 is 5.32 Å². The predicted octanol–water partition coefficient (Wildman–Crippen LogP) is 2.85. The lowest BCUT2D eigenvalue weighted by atomic mass is 9.96. The third kappa shape index (κ3) is 2.15. The number of ether oxygens (including phenoxy) is 1. The van der Waals surface area contributed by atoms with Crippen molar-refractivity contribution in [2.75, 3.05) is 7.11 Å². The van der Waals surface area contributed by atoms with Gasteiger partial charge in [0.05, 0.1) is 7.11 Å². The molecule has 0 bridgehead atoms. The summed E-state index contributed by atoms with van der Waals surface area (Å²) in [6.45, 7) is 0. The number of carbonyl (C=O) groups excluding carboxylic acids is 1. The van der Waals surface area contributed by atoms with E-state index in [4.69, 9.17) is 16.3 Å². The zero-order valence-corrected chi connectivity index (χ0v) is 11.3. The van der Waals surface area contributed by atoms with Gasteiger partial charge in [-0.05, 0) is 48.3 Å². The van der Waals surface area contributed by atoms with E-state index in [2.05, 4.69) is 5.32 Å². The first-order valence-corrected chi connectivity index (χ1v) is 6.60. The number of Topliss-reactive ketones (excluding diaryl/α,β-unsaturated/α-hetero) is 1. The van der Waals surface area contributed by atoms with Gasteiger partial charge < -0.3 is 10.1 Å². The molecule has 1 aliphatic carbocycles. The number of methoxy groups -OCH3 is 1. The normalized spacial score (nSPS) is 21.4. The lowest BCUT2D eigenvalue weighted by Crippen LogP contribution is -2.36. The number of hydrogen-bond donors (Lipinski definition) is 1. The molecule has 19 heavy (non-hydrogen) atoms. The van der Waals surface area contributed by atoms with Gasteiger partial charge in [0.1, 0.15) is 11.8 Å². The quantitative estimate of drug-likeness (QED) is 0.856. The molecule has 0 spiro atoms. The maximum Gasteiger partial charge on any atom is 0.189 e. The first kappa shape index (κ1) is 12.3. The molecular formula is C15H14ClNO2. The Bertz CT molecular complexity index is 604. The second kappa shape index (κ2) is 4.74. The Kier molecular flexibility index (Phi) is 3.07. The summed E-state index contributed by atoms with van der Waals surface area (Å²) in [5, 5.41) is 3.80. The van der Waals surface area contributed by atoms with E-state index in [1.54, 1.807) is 19.4 Å². The fourth-order valence-electron chi connectivity index (χ4n) is 2.60. The second-order valence-corrected chi connectivity index (χ2v) is 5.17. The molecule has 1 heterocycles. The van der Waals surface area contributed by atoms with Crippen molar-refractivity contribution >= 4 is 17.4 Å². The summed E-state index contributed by atoms with van der Waals surface area (Å²) in [4.78, 5) is 12.6. The van der Waals surface area contributed by atoms with Crippen molar-refractivity contribution in [2.24, 2.45) is 0 Å². The zero-order chi connectivity index (χ0) is 13.4. The number of allylic oxidation sites excluding steroid dienone is 1. The highest BCUT2D eigenvalue weighted by molar-refractivity contribution is 6.30. The molecule has 3 rings (SSSR count). The van der Waals surface area contributed by atoms with Crippen LogP contribution in [-0.2, 0) is 11.2 Å². The van der Waals surface area contributed by atoms with Crippen molar-refractivity contribution in [1.82, 2.24) is 5.32 Å². The van der Waals surface area contributed by atoms with Crippen LogP contribution in [0.1, 0.15) is 22.3 Å². The third-order valence-electron chi connectivity index (χ3n) is 3.60. The van der Waals surface area contributed by atoms with Crippen LogP contribution in [0.3, 0.4) is 0 Å². The standard InChI is InChI=1S/C15H14ClNO2/c1-19-12-7-10-3-2-9-6-11(16)4-5-13(9)15(18)14(10)17-8-12/h4-8,14,17H,2-3H2,1H3. The molecule has 2 aliphatic rings. The van der Waals surface area contributed by atoms with Gasteiger partial charge in [0.25, 0.3) is 0 Å². The molecule has 1 aliphatic heterocycles. The van der Waals surface area contributed by atoms with Crippen molar-refractivity contribution in [3.05, 3.63) is 58.0 Å². The molecule has 0 saturated heterocycles. The number of hydrogen-bond acceptors (Lipinski definition) is 3. The summed E-state index contributed by atoms with van der Waals surface area (Å²) < 4.78 is 5.20. The van der Waals surface area contributed by atoms with Gasteiger partial charge in [-0.1, -0.05) is 11.6 Å². The van der Waals surface area contributed by atoms with Gasteiger partial charge in [-0.2, -0.15) is 0 Å². The molecule has 0 saturated carbocycles. The molecule has 1 unspecified atom stereocenters. The summed E-state index contributed by atoms with van der Waals surface area (Å²) in [6.07, 6.45) is 5.35. The number of rotatable bonds is 1. The van der Waals surface area contributed by atoms with Crippen LogP contribution in [0.25, 0.3) is 0 Å². The third-order valence-corrected chi connectivity index (χ3v) is 3.84. The molecule has 0 amide bonds. The van der Waals surface area contributed by atoms with Gasteiger partial charge in [0, 0.05) is 16.8 Å². The number of aryl methyl sites for hydroxylation is 1. The molecule has 4 heteroatoms. The predicted molar refractivity (Wildman–Crippen MR) is 74.2 cm³/mol. The van der Waals surface area contributed by atoms with Gasteiger partial charge in [0.15, 0.2) is 5.78 Å². The molecule has 1 atom stereocenters. The molecule has 0 aromatic heterocycles. The largest absolute Gasteiger partial charge is 0.495 e. The van der Waals surface area contributed by atoms with Gasteiger partial charge >= 0.3 is 0 Å². The maximum absolute atomic E-state index is 12.6. The topological polar surface area (TPSA) is 38.3 Å². The Labute approximate surface area is 116 Å². The molecule has 3 nitrogen and oxygen atoms in total. The lowest BCUT2D eigenvalue weighted by Gasteiger charge is -2.22. The highest BCUT2D eigenvalue weighted by atomic mass is 35.5. The van der Waals surface area contributed by atoms with Crippen LogP contribution in [0.5, 0.6) is 0 Å². The van der Waals surface area contributed by atoms with Crippen LogP contribution in [0.4, 0.5) is 0 Å². The molecule has 98 valence electrons. The van der Waals surface area contributed by atoms with Crippen LogP contribution in [0.2, 0.25) is 5.02 Å². The van der Waals surface area contributed by atoms with E-state index in [1.807, 2.05) is 18.2 Å². The average molecular weight is 276 g/mol. The smallest absolute Gasteiger partial charge is 0.189 e. The Morgan fingerprint density at radius 2 is 2.21 bits per heavy atom. The highest BCUT2D eigenvalue weighted by Gasteiger charge is 2.30. The van der Waals surface area contributed by atoms with E-state index >= 15 is 0 Å². The molecule has 0 radical (unpaired) electrons. The van der Waals surface area contributed by atoms with Gasteiger partial charge in [0.2, 0.25) is 0 Å². The second-order valence-electron chi connectivity index (χ2n) is 4.74. The van der Waals surface area contributed by atoms with Crippen molar-refractivity contribution < 1.29 is 9.53 Å². The summed E-state index contributed by atoms with van der Waals surface area (Å²) in [7, 11) is 1.62. The van der Waals surface area contributed by atoms with Crippen LogP contribution in [-0.4, -0.2) is 18.9 Å². The first-order chi connectivity index (χ1) is 9.19. The molecule has 1 aromatic rings. The highest BCUT2D eigenvalue weighted by Crippen LogP contribution is 2.29. The Balaban J connectivity index is 2.01. The number of carbonyl (C=O) groups is 1. The molecule has 0 fully saturated rings. The van der Waals surface area contributed by atoms with Crippen molar-refractivity contribution in [3.63, 3.8) is 0 Å². The lowest BCUT2D eigenvalue weighted by molar-refractivity contribution is 0.0963. The summed E-state index contributed by atoms with van der Waals surface area (Å²) >= 11 is 6.00. The van der Waals surface area contributed by atoms with E-state index in [0.29, 0.717) is 5.02 Å². The summed E-state index contributed by atoms with van der Waals surface area (Å²) in [6, 6.07) is 5.20. The number of ketones is 1. The summed E-state index contributed by atoms with van der Waals surface area (Å²) in [5.41, 5.74) is 2.85. The monoisotopic (exact) mass is 275 g/mol. The maximum atomic E-state index is 12.6. The van der Waals surface area contributed by atoms with Gasteiger partial charge in [-0.15, -0.1) is 0 Å². The number of nitrogens with one attached hydrogen (secondary N) is 1. The minimum Gasteiger partial charge on any atom is -0.495 e. The van der Waals surface area contributed by atoms with E-state index < -0.39 is 0 Å². The number of dihydropyridines is 1. The van der Waals surface area contributed by atoms with E-state index in [-0.39, 0.29) is 11.8 Å². The Morgan fingerprint density at radius 1 is 1.37 bits per heavy atom.